The summed E-state index contributed by atoms with van der Waals surface area (Å²) in [5, 5.41) is 2.96. The Bertz CT molecular complexity index is 198. The van der Waals surface area contributed by atoms with E-state index in [4.69, 9.17) is 0 Å². The molecule has 74 valence electrons. The van der Waals surface area contributed by atoms with Gasteiger partial charge in [-0.15, -0.1) is 0 Å². The largest absolute Gasteiger partial charge is 0.350 e. The van der Waals surface area contributed by atoms with Crippen molar-refractivity contribution in [2.45, 2.75) is 39.2 Å². The van der Waals surface area contributed by atoms with Crippen molar-refractivity contribution in [1.82, 2.24) is 5.32 Å². The third kappa shape index (κ3) is 2.87. The Labute approximate surface area is 80.4 Å². The van der Waals surface area contributed by atoms with E-state index >= 15 is 0 Å². The zero-order valence-corrected chi connectivity index (χ0v) is 8.55. The van der Waals surface area contributed by atoms with Crippen LogP contribution in [0.3, 0.4) is 0 Å². The van der Waals surface area contributed by atoms with Gasteiger partial charge in [0.2, 0.25) is 5.91 Å². The highest BCUT2D eigenvalue weighted by molar-refractivity contribution is 5.87. The molecule has 1 N–H and O–H groups in total. The van der Waals surface area contributed by atoms with E-state index in [1.54, 1.807) is 0 Å². The van der Waals surface area contributed by atoms with Crippen LogP contribution in [0.25, 0.3) is 0 Å². The van der Waals surface area contributed by atoms with E-state index in [0.717, 1.165) is 24.7 Å². The lowest BCUT2D eigenvalue weighted by molar-refractivity contribution is -0.117. The van der Waals surface area contributed by atoms with Gasteiger partial charge >= 0.3 is 0 Å². The number of hydrogen-bond donors (Lipinski definition) is 1. The molecule has 0 saturated heterocycles. The Morgan fingerprint density at radius 1 is 1.54 bits per heavy atom. The van der Waals surface area contributed by atoms with Crippen LogP contribution in [0, 0.1) is 11.8 Å². The maximum absolute atomic E-state index is 11.0. The summed E-state index contributed by atoms with van der Waals surface area (Å²) in [7, 11) is 0. The van der Waals surface area contributed by atoms with Crippen molar-refractivity contribution >= 4 is 5.91 Å². The number of nitrogens with one attached hydrogen (secondary N) is 1. The molecule has 0 spiro atoms. The van der Waals surface area contributed by atoms with Crippen LogP contribution in [-0.4, -0.2) is 11.9 Å². The second-order valence-electron chi connectivity index (χ2n) is 4.23. The van der Waals surface area contributed by atoms with E-state index in [-0.39, 0.29) is 5.91 Å². The Kier molecular flexibility index (Phi) is 3.52. The van der Waals surface area contributed by atoms with E-state index in [2.05, 4.69) is 25.7 Å². The first-order valence-electron chi connectivity index (χ1n) is 5.06. The molecule has 13 heavy (non-hydrogen) atoms. The highest BCUT2D eigenvalue weighted by Gasteiger charge is 2.26. The number of carbonyl (C=O) groups is 1. The van der Waals surface area contributed by atoms with Gasteiger partial charge in [-0.25, -0.2) is 0 Å². The van der Waals surface area contributed by atoms with Crippen LogP contribution in [0.2, 0.25) is 0 Å². The lowest BCUT2D eigenvalue weighted by Crippen LogP contribution is -2.31. The Hall–Kier alpha value is -0.790. The fraction of sp³-hybridized carbons (Fsp3) is 0.727. The second-order valence-corrected chi connectivity index (χ2v) is 4.23. The number of amides is 1. The number of rotatable bonds is 3. The normalized spacial score (nSPS) is 27.6. The van der Waals surface area contributed by atoms with Gasteiger partial charge in [0.25, 0.3) is 0 Å². The molecule has 2 atom stereocenters. The fourth-order valence-corrected chi connectivity index (χ4v) is 2.01. The van der Waals surface area contributed by atoms with Crippen molar-refractivity contribution in [2.24, 2.45) is 11.8 Å². The molecule has 1 saturated carbocycles. The van der Waals surface area contributed by atoms with Crippen molar-refractivity contribution in [3.63, 3.8) is 0 Å². The van der Waals surface area contributed by atoms with Crippen LogP contribution >= 0.6 is 0 Å². The molecule has 1 unspecified atom stereocenters. The lowest BCUT2D eigenvalue weighted by Gasteiger charge is -2.14. The van der Waals surface area contributed by atoms with Crippen LogP contribution < -0.4 is 5.32 Å². The third-order valence-corrected chi connectivity index (χ3v) is 2.95. The molecule has 1 rings (SSSR count). The Morgan fingerprint density at radius 2 is 2.23 bits per heavy atom. The molecular formula is C11H19NO. The summed E-state index contributed by atoms with van der Waals surface area (Å²) in [5.74, 6) is 1.50. The first kappa shape index (κ1) is 10.3. The first-order chi connectivity index (χ1) is 6.13. The summed E-state index contributed by atoms with van der Waals surface area (Å²) in [5.41, 5.74) is 0. The van der Waals surface area contributed by atoms with Crippen LogP contribution in [0.1, 0.15) is 33.1 Å². The molecule has 0 bridgehead atoms. The zero-order valence-electron chi connectivity index (χ0n) is 8.55. The zero-order chi connectivity index (χ0) is 9.84. The molecule has 1 fully saturated rings. The predicted octanol–water partition coefficient (Wildman–Crippen LogP) is 2.11. The smallest absolute Gasteiger partial charge is 0.243 e. The van der Waals surface area contributed by atoms with Gasteiger partial charge in [0.1, 0.15) is 0 Å². The highest BCUT2D eigenvalue weighted by Crippen LogP contribution is 2.31. The summed E-state index contributed by atoms with van der Waals surface area (Å²) in [6.45, 7) is 7.95. The monoisotopic (exact) mass is 181 g/mol. The van der Waals surface area contributed by atoms with E-state index < -0.39 is 0 Å². The Balaban J connectivity index is 2.33. The summed E-state index contributed by atoms with van der Waals surface area (Å²) >= 11 is 0. The van der Waals surface area contributed by atoms with E-state index in [1.165, 1.54) is 12.5 Å². The molecule has 1 aliphatic rings. The molecule has 0 radical (unpaired) electrons. The van der Waals surface area contributed by atoms with Gasteiger partial charge < -0.3 is 5.32 Å². The summed E-state index contributed by atoms with van der Waals surface area (Å²) in [6, 6.07) is 0.387. The minimum Gasteiger partial charge on any atom is -0.350 e. The van der Waals surface area contributed by atoms with Gasteiger partial charge in [0.15, 0.2) is 0 Å². The van der Waals surface area contributed by atoms with E-state index in [1.807, 2.05) is 0 Å². The second kappa shape index (κ2) is 4.45. The van der Waals surface area contributed by atoms with Gasteiger partial charge in [0, 0.05) is 6.04 Å². The number of carbonyl (C=O) groups excluding carboxylic acids is 1. The fourth-order valence-electron chi connectivity index (χ4n) is 2.01. The standard InChI is InChI=1S/C11H19NO/c1-4-11(13)12-10-6-5-9(7-10)8(2)3/h4,8-10H,1,5-7H2,2-3H3,(H,12,13)/t9-,10?/m0/s1. The molecule has 0 aromatic carbocycles. The molecule has 2 nitrogen and oxygen atoms in total. The summed E-state index contributed by atoms with van der Waals surface area (Å²) in [4.78, 5) is 11.0. The van der Waals surface area contributed by atoms with Gasteiger partial charge in [-0.3, -0.25) is 4.79 Å². The quantitative estimate of drug-likeness (QED) is 0.664. The van der Waals surface area contributed by atoms with Crippen molar-refractivity contribution < 1.29 is 4.79 Å². The maximum atomic E-state index is 11.0. The van der Waals surface area contributed by atoms with E-state index in [0.29, 0.717) is 6.04 Å². The molecule has 1 aliphatic carbocycles. The molecule has 2 heteroatoms. The molecule has 0 aromatic rings. The van der Waals surface area contributed by atoms with Crippen molar-refractivity contribution in [3.05, 3.63) is 12.7 Å². The van der Waals surface area contributed by atoms with Gasteiger partial charge in [-0.1, -0.05) is 20.4 Å². The van der Waals surface area contributed by atoms with Crippen LogP contribution in [0.15, 0.2) is 12.7 Å². The molecule has 0 aliphatic heterocycles. The summed E-state index contributed by atoms with van der Waals surface area (Å²) < 4.78 is 0. The SMILES string of the molecule is C=CC(=O)NC1CC[C@H](C(C)C)C1. The van der Waals surface area contributed by atoms with Crippen molar-refractivity contribution in [3.8, 4) is 0 Å². The minimum absolute atomic E-state index is 0.0330. The van der Waals surface area contributed by atoms with Crippen molar-refractivity contribution in [2.75, 3.05) is 0 Å². The third-order valence-electron chi connectivity index (χ3n) is 2.95. The van der Waals surface area contributed by atoms with Gasteiger partial charge in [-0.05, 0) is 37.2 Å². The van der Waals surface area contributed by atoms with Crippen molar-refractivity contribution in [1.29, 1.82) is 0 Å². The highest BCUT2D eigenvalue weighted by atomic mass is 16.1. The average molecular weight is 181 g/mol. The molecule has 1 amide bonds. The van der Waals surface area contributed by atoms with Crippen LogP contribution in [0.5, 0.6) is 0 Å². The topological polar surface area (TPSA) is 29.1 Å². The molecule has 0 aromatic heterocycles. The number of hydrogen-bond acceptors (Lipinski definition) is 1. The maximum Gasteiger partial charge on any atom is 0.243 e. The molecule has 0 heterocycles. The first-order valence-corrected chi connectivity index (χ1v) is 5.06. The molecular weight excluding hydrogens is 162 g/mol. The lowest BCUT2D eigenvalue weighted by atomic mass is 9.94. The summed E-state index contributed by atoms with van der Waals surface area (Å²) in [6.07, 6.45) is 4.86. The Morgan fingerprint density at radius 3 is 2.69 bits per heavy atom. The van der Waals surface area contributed by atoms with Crippen LogP contribution in [0.4, 0.5) is 0 Å². The van der Waals surface area contributed by atoms with E-state index in [9.17, 15) is 4.79 Å². The average Bonchev–Trinajstić information content (AvgIpc) is 2.52. The minimum atomic E-state index is -0.0330. The van der Waals surface area contributed by atoms with Crippen LogP contribution in [-0.2, 0) is 4.79 Å². The predicted molar refractivity (Wildman–Crippen MR) is 54.3 cm³/mol. The van der Waals surface area contributed by atoms with Gasteiger partial charge in [-0.2, -0.15) is 0 Å². The van der Waals surface area contributed by atoms with Gasteiger partial charge in [0.05, 0.1) is 0 Å².